The summed E-state index contributed by atoms with van der Waals surface area (Å²) in [6.45, 7) is 4.34. The minimum absolute atomic E-state index is 0.316. The molecule has 0 N–H and O–H groups in total. The Balaban J connectivity index is 2.29. The van der Waals surface area contributed by atoms with Crippen molar-refractivity contribution in [2.75, 3.05) is 0 Å². The molecule has 142 valence electrons. The van der Waals surface area contributed by atoms with Crippen LogP contribution in [0.25, 0.3) is 0 Å². The molecule has 0 amide bonds. The van der Waals surface area contributed by atoms with E-state index in [-0.39, 0.29) is 5.97 Å². The molecule has 1 aromatic carbocycles. The van der Waals surface area contributed by atoms with Crippen LogP contribution in [-0.4, -0.2) is 12.1 Å². The Labute approximate surface area is 156 Å². The lowest BCUT2D eigenvalue weighted by Crippen LogP contribution is -2.26. The Morgan fingerprint density at radius 3 is 2.12 bits per heavy atom. The number of aryl methyl sites for hydroxylation is 1. The van der Waals surface area contributed by atoms with Gasteiger partial charge in [-0.05, 0) is 37.0 Å². The van der Waals surface area contributed by atoms with Gasteiger partial charge >= 0.3 is 5.97 Å². The Bertz CT molecular complexity index is 459. The molecule has 0 saturated carbocycles. The van der Waals surface area contributed by atoms with Crippen LogP contribution in [0.1, 0.15) is 83.6 Å². The molecule has 0 aromatic heterocycles. The number of esters is 1. The van der Waals surface area contributed by atoms with Crippen LogP contribution in [0.15, 0.2) is 24.3 Å². The summed E-state index contributed by atoms with van der Waals surface area (Å²) in [5.41, 5.74) is 1.30. The number of carbonyl (C=O) groups excluding carboxylic acids is 1. The van der Waals surface area contributed by atoms with Crippen molar-refractivity contribution in [1.82, 2.24) is 0 Å². The predicted octanol–water partition coefficient (Wildman–Crippen LogP) is 6.25. The van der Waals surface area contributed by atoms with Crippen LogP contribution in [-0.2, 0) is 15.7 Å². The molecule has 0 heterocycles. The molecule has 2 unspecified atom stereocenters. The highest BCUT2D eigenvalue weighted by Gasteiger charge is 2.19. The molecule has 2 atom stereocenters. The molecule has 4 heteroatoms. The van der Waals surface area contributed by atoms with Crippen molar-refractivity contribution in [3.05, 3.63) is 29.8 Å². The molecule has 0 fully saturated rings. The third-order valence-electron chi connectivity index (χ3n) is 4.46. The smallest absolute Gasteiger partial charge is 0.340 e. The third kappa shape index (κ3) is 9.97. The zero-order valence-electron chi connectivity index (χ0n) is 16.0. The van der Waals surface area contributed by atoms with Gasteiger partial charge in [0.1, 0.15) is 5.75 Å². The number of ether oxygens (including phenoxy) is 1. The first-order chi connectivity index (χ1) is 12.2. The number of unbranched alkanes of at least 4 members (excludes halogenated alkanes) is 7. The molecule has 0 saturated heterocycles. The molecule has 3 nitrogen and oxygen atoms in total. The average molecular weight is 366 g/mol. The first-order valence-corrected chi connectivity index (χ1v) is 10.3. The summed E-state index contributed by atoms with van der Waals surface area (Å²) in [7, 11) is 2.17. The molecule has 0 aliphatic carbocycles. The number of rotatable bonds is 14. The van der Waals surface area contributed by atoms with Crippen molar-refractivity contribution in [3.63, 3.8) is 0 Å². The largest absolute Gasteiger partial charge is 0.425 e. The Morgan fingerprint density at radius 1 is 0.920 bits per heavy atom. The zero-order chi connectivity index (χ0) is 18.3. The maximum absolute atomic E-state index is 12.1. The highest BCUT2D eigenvalue weighted by Crippen LogP contribution is 2.18. The van der Waals surface area contributed by atoms with Gasteiger partial charge in [0.25, 0.3) is 0 Å². The van der Waals surface area contributed by atoms with E-state index < -0.39 is 6.10 Å². The van der Waals surface area contributed by atoms with E-state index in [1.807, 2.05) is 12.1 Å². The van der Waals surface area contributed by atoms with Gasteiger partial charge in [0.05, 0.1) is 0 Å². The molecule has 0 radical (unpaired) electrons. The summed E-state index contributed by atoms with van der Waals surface area (Å²) in [6, 6.07) is 7.88. The second kappa shape index (κ2) is 14.3. The van der Waals surface area contributed by atoms with Gasteiger partial charge in [-0.25, -0.2) is 4.79 Å². The molecular formula is C21H35O3P. The van der Waals surface area contributed by atoms with Gasteiger partial charge in [0, 0.05) is 9.47 Å². The van der Waals surface area contributed by atoms with Crippen molar-refractivity contribution >= 4 is 15.4 Å². The van der Waals surface area contributed by atoms with Gasteiger partial charge in [-0.2, -0.15) is 0 Å². The molecule has 1 rings (SSSR count). The second-order valence-electron chi connectivity index (χ2n) is 6.70. The Kier molecular flexibility index (Phi) is 12.6. The van der Waals surface area contributed by atoms with Crippen LogP contribution in [0.3, 0.4) is 0 Å². The molecule has 0 aliphatic heterocycles. The van der Waals surface area contributed by atoms with Crippen LogP contribution in [0.4, 0.5) is 0 Å². The number of hydrogen-bond donors (Lipinski definition) is 0. The zero-order valence-corrected chi connectivity index (χ0v) is 17.1. The summed E-state index contributed by atoms with van der Waals surface area (Å²) in [5, 5.41) is 0. The van der Waals surface area contributed by atoms with E-state index in [1.165, 1.54) is 50.5 Å². The first kappa shape index (κ1) is 22.1. The van der Waals surface area contributed by atoms with Gasteiger partial charge in [-0.15, -0.1) is 0 Å². The van der Waals surface area contributed by atoms with E-state index in [1.54, 1.807) is 0 Å². The van der Waals surface area contributed by atoms with Gasteiger partial charge in [0.15, 0.2) is 6.10 Å². The van der Waals surface area contributed by atoms with Crippen LogP contribution in [0.5, 0.6) is 5.75 Å². The SMILES string of the molecule is CCCCCCCCCc1ccc(OC(=O)C(CCCC)OP)cc1. The lowest BCUT2D eigenvalue weighted by Gasteiger charge is -2.13. The van der Waals surface area contributed by atoms with Gasteiger partial charge in [-0.1, -0.05) is 77.3 Å². The van der Waals surface area contributed by atoms with Crippen molar-refractivity contribution in [1.29, 1.82) is 0 Å². The molecule has 0 bridgehead atoms. The normalized spacial score (nSPS) is 12.1. The molecule has 25 heavy (non-hydrogen) atoms. The van der Waals surface area contributed by atoms with Crippen molar-refractivity contribution in [3.8, 4) is 5.75 Å². The standard InChI is InChI=1S/C21H35O3P/c1-3-5-7-8-9-10-11-12-18-14-16-19(17-15-18)23-21(22)20(24-25)13-6-4-2/h14-17,20H,3-13,25H2,1-2H3. The first-order valence-electron chi connectivity index (χ1n) is 9.87. The van der Waals surface area contributed by atoms with Crippen LogP contribution < -0.4 is 4.74 Å². The second-order valence-corrected chi connectivity index (χ2v) is 6.98. The third-order valence-corrected chi connectivity index (χ3v) is 4.79. The Morgan fingerprint density at radius 2 is 1.52 bits per heavy atom. The minimum atomic E-state index is -0.502. The highest BCUT2D eigenvalue weighted by atomic mass is 31.0. The van der Waals surface area contributed by atoms with Gasteiger partial charge < -0.3 is 9.26 Å². The summed E-state index contributed by atoms with van der Waals surface area (Å²) < 4.78 is 10.6. The minimum Gasteiger partial charge on any atom is -0.425 e. The predicted molar refractivity (Wildman–Crippen MR) is 108 cm³/mol. The van der Waals surface area contributed by atoms with Crippen LogP contribution in [0, 0.1) is 0 Å². The summed E-state index contributed by atoms with van der Waals surface area (Å²) in [5.74, 6) is 0.278. The maximum Gasteiger partial charge on any atom is 0.340 e. The molecular weight excluding hydrogens is 331 g/mol. The molecule has 1 aromatic rings. The van der Waals surface area contributed by atoms with E-state index in [4.69, 9.17) is 9.26 Å². The molecule has 0 aliphatic rings. The molecule has 0 spiro atoms. The fourth-order valence-electron chi connectivity index (χ4n) is 2.82. The Hall–Kier alpha value is -0.920. The number of benzene rings is 1. The number of hydrogen-bond acceptors (Lipinski definition) is 3. The van der Waals surface area contributed by atoms with Crippen molar-refractivity contribution < 1.29 is 14.1 Å². The fraction of sp³-hybridized carbons (Fsp3) is 0.667. The quantitative estimate of drug-likeness (QED) is 0.169. The van der Waals surface area contributed by atoms with E-state index in [9.17, 15) is 4.79 Å². The summed E-state index contributed by atoms with van der Waals surface area (Å²) >= 11 is 0. The van der Waals surface area contributed by atoms with E-state index in [2.05, 4.69) is 35.4 Å². The fourth-order valence-corrected chi connectivity index (χ4v) is 3.07. The monoisotopic (exact) mass is 366 g/mol. The summed E-state index contributed by atoms with van der Waals surface area (Å²) in [4.78, 5) is 12.1. The topological polar surface area (TPSA) is 35.5 Å². The number of carbonyl (C=O) groups is 1. The lowest BCUT2D eigenvalue weighted by molar-refractivity contribution is -0.142. The van der Waals surface area contributed by atoms with E-state index in [0.29, 0.717) is 12.2 Å². The van der Waals surface area contributed by atoms with Gasteiger partial charge in [0.2, 0.25) is 0 Å². The lowest BCUT2D eigenvalue weighted by atomic mass is 10.0. The van der Waals surface area contributed by atoms with Crippen molar-refractivity contribution in [2.24, 2.45) is 0 Å². The highest BCUT2D eigenvalue weighted by molar-refractivity contribution is 7.09. The average Bonchev–Trinajstić information content (AvgIpc) is 2.63. The maximum atomic E-state index is 12.1. The van der Waals surface area contributed by atoms with E-state index in [0.717, 1.165) is 19.3 Å². The van der Waals surface area contributed by atoms with Crippen LogP contribution >= 0.6 is 9.47 Å². The van der Waals surface area contributed by atoms with Gasteiger partial charge in [-0.3, -0.25) is 0 Å². The van der Waals surface area contributed by atoms with Crippen LogP contribution in [0.2, 0.25) is 0 Å². The van der Waals surface area contributed by atoms with Crippen molar-refractivity contribution in [2.45, 2.75) is 90.6 Å². The van der Waals surface area contributed by atoms with E-state index >= 15 is 0 Å². The summed E-state index contributed by atoms with van der Waals surface area (Å²) in [6.07, 6.45) is 12.5.